The molecule has 4 aliphatic carbocycles. The van der Waals surface area contributed by atoms with Crippen LogP contribution in [0.1, 0.15) is 58.3 Å². The van der Waals surface area contributed by atoms with Crippen LogP contribution < -0.4 is 0 Å². The summed E-state index contributed by atoms with van der Waals surface area (Å²) in [6, 6.07) is 0. The number of aliphatic hydroxyl groups excluding tert-OH is 2. The van der Waals surface area contributed by atoms with Crippen LogP contribution in [0.3, 0.4) is 0 Å². The number of fused-ring (bicyclic) bond motifs is 5. The first-order chi connectivity index (χ1) is 11.1. The highest BCUT2D eigenvalue weighted by Crippen LogP contribution is 2.63. The lowest BCUT2D eigenvalue weighted by Crippen LogP contribution is -2.54. The molecule has 8 atom stereocenters. The van der Waals surface area contributed by atoms with E-state index in [0.29, 0.717) is 23.7 Å². The van der Waals surface area contributed by atoms with E-state index in [0.717, 1.165) is 38.5 Å². The van der Waals surface area contributed by atoms with Crippen molar-refractivity contribution in [2.45, 2.75) is 76.6 Å². The van der Waals surface area contributed by atoms with E-state index in [1.54, 1.807) is 12.7 Å². The highest BCUT2D eigenvalue weighted by molar-refractivity contribution is 5.21. The maximum Gasteiger partial charge on any atom is 0.0754 e. The lowest BCUT2D eigenvalue weighted by atomic mass is 9.50. The van der Waals surface area contributed by atoms with E-state index in [9.17, 15) is 10.2 Å². The zero-order valence-electron chi connectivity index (χ0n) is 14.6. The molecule has 0 radical (unpaired) electrons. The van der Waals surface area contributed by atoms with Gasteiger partial charge in [0.1, 0.15) is 0 Å². The van der Waals surface area contributed by atoms with E-state index in [1.807, 2.05) is 0 Å². The van der Waals surface area contributed by atoms with Gasteiger partial charge in [-0.3, -0.25) is 0 Å². The highest BCUT2D eigenvalue weighted by atomic mass is 16.5. The second-order valence-corrected chi connectivity index (χ2v) is 8.54. The fraction of sp³-hybridized carbons (Fsp3) is 0.900. The molecule has 1 unspecified atom stereocenters. The summed E-state index contributed by atoms with van der Waals surface area (Å²) in [5.41, 5.74) is 1.54. The Morgan fingerprint density at radius 3 is 2.74 bits per heavy atom. The summed E-state index contributed by atoms with van der Waals surface area (Å²) in [7, 11) is 1.80. The van der Waals surface area contributed by atoms with E-state index >= 15 is 0 Å². The summed E-state index contributed by atoms with van der Waals surface area (Å²) >= 11 is 0. The first-order valence-electron chi connectivity index (χ1n) is 9.70. The molecule has 23 heavy (non-hydrogen) atoms. The molecule has 0 heterocycles. The fourth-order valence-electron chi connectivity index (χ4n) is 6.97. The maximum absolute atomic E-state index is 11.1. The molecule has 0 amide bonds. The molecule has 0 aromatic rings. The molecule has 0 aliphatic heterocycles. The largest absolute Gasteiger partial charge is 0.393 e. The Hall–Kier alpha value is -0.380. The molecule has 130 valence electrons. The van der Waals surface area contributed by atoms with Crippen LogP contribution in [0.2, 0.25) is 0 Å². The molecule has 0 aromatic carbocycles. The zero-order chi connectivity index (χ0) is 16.2. The van der Waals surface area contributed by atoms with Gasteiger partial charge in [-0.15, -0.1) is 0 Å². The van der Waals surface area contributed by atoms with Crippen molar-refractivity contribution >= 4 is 0 Å². The van der Waals surface area contributed by atoms with Gasteiger partial charge < -0.3 is 14.9 Å². The monoisotopic (exact) mass is 320 g/mol. The smallest absolute Gasteiger partial charge is 0.0754 e. The Kier molecular flexibility index (Phi) is 4.10. The minimum Gasteiger partial charge on any atom is -0.393 e. The molecular weight excluding hydrogens is 288 g/mol. The van der Waals surface area contributed by atoms with Crippen molar-refractivity contribution in [2.75, 3.05) is 7.11 Å². The summed E-state index contributed by atoms with van der Waals surface area (Å²) in [6.07, 6.45) is 10.7. The number of hydrogen-bond acceptors (Lipinski definition) is 3. The molecule has 0 bridgehead atoms. The summed E-state index contributed by atoms with van der Waals surface area (Å²) in [5, 5.41) is 21.7. The third-order valence-corrected chi connectivity index (χ3v) is 8.03. The van der Waals surface area contributed by atoms with Gasteiger partial charge in [0.15, 0.2) is 0 Å². The number of ether oxygens (including phenoxy) is 1. The van der Waals surface area contributed by atoms with Crippen LogP contribution in [0.5, 0.6) is 0 Å². The van der Waals surface area contributed by atoms with Crippen LogP contribution >= 0.6 is 0 Å². The molecule has 3 nitrogen and oxygen atoms in total. The van der Waals surface area contributed by atoms with Gasteiger partial charge in [0.25, 0.3) is 0 Å². The predicted octanol–water partition coefficient (Wildman–Crippen LogP) is 3.30. The Labute approximate surface area is 140 Å². The summed E-state index contributed by atoms with van der Waals surface area (Å²) < 4.78 is 5.55. The topological polar surface area (TPSA) is 49.7 Å². The van der Waals surface area contributed by atoms with Crippen molar-refractivity contribution in [3.8, 4) is 0 Å². The number of rotatable bonds is 2. The van der Waals surface area contributed by atoms with Gasteiger partial charge in [0.05, 0.1) is 18.3 Å². The highest BCUT2D eigenvalue weighted by Gasteiger charge is 2.60. The van der Waals surface area contributed by atoms with E-state index in [2.05, 4.69) is 13.0 Å². The number of aliphatic hydroxyl groups is 2. The second kappa shape index (κ2) is 5.86. The van der Waals surface area contributed by atoms with Gasteiger partial charge in [0, 0.05) is 12.5 Å². The summed E-state index contributed by atoms with van der Waals surface area (Å²) in [4.78, 5) is 0. The molecule has 3 heteroatoms. The number of hydrogen-bond donors (Lipinski definition) is 2. The van der Waals surface area contributed by atoms with Gasteiger partial charge in [0.2, 0.25) is 0 Å². The first kappa shape index (κ1) is 16.1. The number of allylic oxidation sites excluding steroid dienone is 1. The Morgan fingerprint density at radius 2 is 2.00 bits per heavy atom. The molecule has 0 saturated heterocycles. The van der Waals surface area contributed by atoms with Crippen LogP contribution in [0, 0.1) is 29.1 Å². The average molecular weight is 320 g/mol. The van der Waals surface area contributed by atoms with Crippen molar-refractivity contribution in [1.29, 1.82) is 0 Å². The Morgan fingerprint density at radius 1 is 1.17 bits per heavy atom. The molecule has 3 saturated carbocycles. The predicted molar refractivity (Wildman–Crippen MR) is 89.9 cm³/mol. The van der Waals surface area contributed by atoms with Crippen molar-refractivity contribution < 1.29 is 14.9 Å². The van der Waals surface area contributed by atoms with Crippen LogP contribution in [-0.2, 0) is 4.74 Å². The van der Waals surface area contributed by atoms with Gasteiger partial charge in [-0.25, -0.2) is 0 Å². The van der Waals surface area contributed by atoms with E-state index < -0.39 is 0 Å². The van der Waals surface area contributed by atoms with Crippen molar-refractivity contribution in [2.24, 2.45) is 29.1 Å². The fourth-order valence-corrected chi connectivity index (χ4v) is 6.97. The molecule has 4 rings (SSSR count). The van der Waals surface area contributed by atoms with Crippen LogP contribution in [0.25, 0.3) is 0 Å². The van der Waals surface area contributed by atoms with E-state index in [4.69, 9.17) is 4.74 Å². The van der Waals surface area contributed by atoms with E-state index in [-0.39, 0.29) is 23.7 Å². The lowest BCUT2D eigenvalue weighted by molar-refractivity contribution is -0.130. The van der Waals surface area contributed by atoms with Crippen molar-refractivity contribution in [3.05, 3.63) is 11.6 Å². The maximum atomic E-state index is 11.1. The van der Waals surface area contributed by atoms with E-state index in [1.165, 1.54) is 12.8 Å². The third kappa shape index (κ3) is 2.26. The first-order valence-corrected chi connectivity index (χ1v) is 9.70. The molecular formula is C20H32O3. The molecule has 0 aromatic heterocycles. The second-order valence-electron chi connectivity index (χ2n) is 8.54. The zero-order valence-corrected chi connectivity index (χ0v) is 14.6. The Bertz CT molecular complexity index is 487. The van der Waals surface area contributed by atoms with Crippen LogP contribution in [-0.4, -0.2) is 35.6 Å². The molecule has 2 N–H and O–H groups in total. The quantitative estimate of drug-likeness (QED) is 0.768. The van der Waals surface area contributed by atoms with Crippen molar-refractivity contribution in [3.63, 3.8) is 0 Å². The molecule has 4 aliphatic rings. The summed E-state index contributed by atoms with van der Waals surface area (Å²) in [5.74, 6) is 2.21. The summed E-state index contributed by atoms with van der Waals surface area (Å²) in [6.45, 7) is 2.21. The number of methoxy groups -OCH3 is 1. The van der Waals surface area contributed by atoms with Gasteiger partial charge in [-0.05, 0) is 75.0 Å². The minimum atomic E-state index is -0.239. The normalized spacial score (nSPS) is 52.3. The van der Waals surface area contributed by atoms with Crippen LogP contribution in [0.15, 0.2) is 11.6 Å². The van der Waals surface area contributed by atoms with Crippen molar-refractivity contribution in [1.82, 2.24) is 0 Å². The van der Waals surface area contributed by atoms with Crippen LogP contribution in [0.4, 0.5) is 0 Å². The average Bonchev–Trinajstić information content (AvgIpc) is 2.91. The van der Waals surface area contributed by atoms with Gasteiger partial charge >= 0.3 is 0 Å². The van der Waals surface area contributed by atoms with Gasteiger partial charge in [-0.2, -0.15) is 0 Å². The SMILES string of the molecule is CC[C@]12C[C@@H](O)[C@H]3[C@@H](CCC4=CC(OC)CC[C@@H]43)[C@@H]1CC[C@@H]2O. The molecule has 3 fully saturated rings. The third-order valence-electron chi connectivity index (χ3n) is 8.03. The lowest BCUT2D eigenvalue weighted by Gasteiger charge is -2.56. The van der Waals surface area contributed by atoms with Gasteiger partial charge in [-0.1, -0.05) is 18.6 Å². The Balaban J connectivity index is 1.65. The standard InChI is InChI=1S/C20H32O3/c1-3-20-11-17(21)19-14-7-5-13(23-2)10-12(14)4-6-15(19)16(20)8-9-18(20)22/h10,13-19,21-22H,3-9,11H2,1-2H3/t13?,14-,15-,16-,17+,18-,19+,20-/m0/s1. The molecule has 0 spiro atoms. The minimum absolute atomic E-state index is 0.00840.